The lowest BCUT2D eigenvalue weighted by Gasteiger charge is -2.44. The topological polar surface area (TPSA) is 86.7 Å². The molecule has 0 amide bonds. The number of ketones is 1. The van der Waals surface area contributed by atoms with Gasteiger partial charge < -0.3 is 8.92 Å². The molecule has 0 atom stereocenters. The van der Waals surface area contributed by atoms with Crippen LogP contribution in [-0.2, 0) is 10.1 Å². The molecule has 0 aromatic heterocycles. The number of halogens is 3. The molecule has 2 aliphatic rings. The SMILES string of the molecule is CC(C)c1cc2c(c(OS(=O)(=O)C(F)(F)F)c1C=O)C(=O)CC1(CCC1)O2. The molecule has 27 heavy (non-hydrogen) atoms. The maximum Gasteiger partial charge on any atom is 0.534 e. The van der Waals surface area contributed by atoms with Gasteiger partial charge in [-0.25, -0.2) is 0 Å². The Hall–Kier alpha value is -2.10. The van der Waals surface area contributed by atoms with Crippen LogP contribution in [0.2, 0.25) is 0 Å². The van der Waals surface area contributed by atoms with Crippen LogP contribution < -0.4 is 8.92 Å². The van der Waals surface area contributed by atoms with Gasteiger partial charge in [0, 0.05) is 0 Å². The number of carbonyl (C=O) groups excluding carboxylic acids is 2. The fourth-order valence-corrected chi connectivity index (χ4v) is 3.84. The number of alkyl halides is 3. The summed E-state index contributed by atoms with van der Waals surface area (Å²) in [6.07, 6.45) is 2.15. The van der Waals surface area contributed by atoms with Crippen molar-refractivity contribution in [2.75, 3.05) is 0 Å². The molecule has 148 valence electrons. The lowest BCUT2D eigenvalue weighted by atomic mass is 9.73. The summed E-state index contributed by atoms with van der Waals surface area (Å²) in [5.41, 5.74) is -7.03. The normalized spacial score (nSPS) is 18.7. The Bertz CT molecular complexity index is 914. The summed E-state index contributed by atoms with van der Waals surface area (Å²) in [7, 11) is -6.07. The van der Waals surface area contributed by atoms with Crippen molar-refractivity contribution in [1.82, 2.24) is 0 Å². The van der Waals surface area contributed by atoms with Crippen molar-refractivity contribution in [2.45, 2.75) is 56.6 Å². The second kappa shape index (κ2) is 6.22. The molecular weight excluding hydrogens is 389 g/mol. The number of Topliss-reactive ketones (excluding diaryl/α,β-unsaturated/α-hetero) is 1. The van der Waals surface area contributed by atoms with Gasteiger partial charge in [0.25, 0.3) is 0 Å². The standard InChI is InChI=1S/C17H17F3O6S/c1-9(2)10-6-13-14(12(22)7-16(25-13)4-3-5-16)15(11(10)8-21)26-27(23,24)17(18,19)20/h6,8-9H,3-5,7H2,1-2H3. The summed E-state index contributed by atoms with van der Waals surface area (Å²) in [5, 5.41) is 0. The first kappa shape index (κ1) is 19.7. The minimum atomic E-state index is -6.07. The van der Waals surface area contributed by atoms with E-state index in [0.29, 0.717) is 12.8 Å². The van der Waals surface area contributed by atoms with Crippen LogP contribution in [-0.4, -0.2) is 31.6 Å². The Balaban J connectivity index is 2.24. The number of hydrogen-bond donors (Lipinski definition) is 0. The van der Waals surface area contributed by atoms with Crippen molar-refractivity contribution in [3.8, 4) is 11.5 Å². The molecule has 1 saturated carbocycles. The summed E-state index contributed by atoms with van der Waals surface area (Å²) in [6.45, 7) is 3.33. The van der Waals surface area contributed by atoms with E-state index >= 15 is 0 Å². The van der Waals surface area contributed by atoms with E-state index in [-0.39, 0.29) is 29.9 Å². The number of carbonyl (C=O) groups is 2. The number of rotatable bonds is 4. The zero-order chi connectivity index (χ0) is 20.2. The van der Waals surface area contributed by atoms with Crippen LogP contribution in [0.4, 0.5) is 13.2 Å². The highest BCUT2D eigenvalue weighted by atomic mass is 32.2. The predicted molar refractivity (Wildman–Crippen MR) is 87.7 cm³/mol. The van der Waals surface area contributed by atoms with Gasteiger partial charge >= 0.3 is 15.6 Å². The van der Waals surface area contributed by atoms with Crippen LogP contribution in [0.25, 0.3) is 0 Å². The minimum absolute atomic E-state index is 0.0485. The molecule has 1 aromatic rings. The van der Waals surface area contributed by atoms with E-state index < -0.39 is 43.9 Å². The van der Waals surface area contributed by atoms with Crippen molar-refractivity contribution < 1.29 is 40.1 Å². The number of benzene rings is 1. The third kappa shape index (κ3) is 3.19. The highest BCUT2D eigenvalue weighted by Crippen LogP contribution is 2.49. The maximum atomic E-state index is 12.8. The lowest BCUT2D eigenvalue weighted by molar-refractivity contribution is -0.0502. The van der Waals surface area contributed by atoms with Crippen LogP contribution in [0.15, 0.2) is 6.07 Å². The Morgan fingerprint density at radius 3 is 2.37 bits per heavy atom. The third-order valence-corrected chi connectivity index (χ3v) is 5.84. The molecule has 0 N–H and O–H groups in total. The molecule has 6 nitrogen and oxygen atoms in total. The van der Waals surface area contributed by atoms with E-state index in [9.17, 15) is 31.2 Å². The van der Waals surface area contributed by atoms with Gasteiger partial charge in [-0.3, -0.25) is 9.59 Å². The second-order valence-electron chi connectivity index (χ2n) is 7.08. The Kier molecular flexibility index (Phi) is 4.53. The molecule has 1 aromatic carbocycles. The fourth-order valence-electron chi connectivity index (χ4n) is 3.36. The monoisotopic (exact) mass is 406 g/mol. The Morgan fingerprint density at radius 2 is 1.93 bits per heavy atom. The van der Waals surface area contributed by atoms with Gasteiger partial charge in [0.2, 0.25) is 0 Å². The summed E-state index contributed by atoms with van der Waals surface area (Å²) in [5.74, 6) is -1.93. The lowest BCUT2D eigenvalue weighted by Crippen LogP contribution is -2.48. The average Bonchev–Trinajstić information content (AvgIpc) is 2.50. The molecule has 1 aliphatic heterocycles. The zero-order valence-corrected chi connectivity index (χ0v) is 15.4. The highest BCUT2D eigenvalue weighted by Gasteiger charge is 2.51. The number of fused-ring (bicyclic) bond motifs is 1. The van der Waals surface area contributed by atoms with Crippen LogP contribution >= 0.6 is 0 Å². The number of hydrogen-bond acceptors (Lipinski definition) is 6. The summed E-state index contributed by atoms with van der Waals surface area (Å²) < 4.78 is 71.7. The minimum Gasteiger partial charge on any atom is -0.486 e. The van der Waals surface area contributed by atoms with Gasteiger partial charge in [-0.1, -0.05) is 13.8 Å². The fraction of sp³-hybridized carbons (Fsp3) is 0.529. The van der Waals surface area contributed by atoms with Crippen LogP contribution in [0.5, 0.6) is 11.5 Å². The molecule has 0 unspecified atom stereocenters. The van der Waals surface area contributed by atoms with Crippen molar-refractivity contribution in [1.29, 1.82) is 0 Å². The zero-order valence-electron chi connectivity index (χ0n) is 14.6. The van der Waals surface area contributed by atoms with E-state index in [0.717, 1.165) is 6.42 Å². The summed E-state index contributed by atoms with van der Waals surface area (Å²) >= 11 is 0. The largest absolute Gasteiger partial charge is 0.534 e. The van der Waals surface area contributed by atoms with Gasteiger partial charge in [-0.2, -0.15) is 21.6 Å². The first-order valence-corrected chi connectivity index (χ1v) is 9.71. The molecule has 1 spiro atoms. The van der Waals surface area contributed by atoms with Gasteiger partial charge in [-0.05, 0) is 36.8 Å². The first-order valence-electron chi connectivity index (χ1n) is 8.30. The van der Waals surface area contributed by atoms with Crippen LogP contribution in [0.1, 0.15) is 71.7 Å². The number of aldehydes is 1. The predicted octanol–water partition coefficient (Wildman–Crippen LogP) is 3.74. The average molecular weight is 406 g/mol. The molecule has 1 aliphatic carbocycles. The third-order valence-electron chi connectivity index (χ3n) is 4.88. The molecule has 0 saturated heterocycles. The van der Waals surface area contributed by atoms with Crippen molar-refractivity contribution in [3.05, 3.63) is 22.8 Å². The van der Waals surface area contributed by atoms with Crippen molar-refractivity contribution in [2.24, 2.45) is 0 Å². The van der Waals surface area contributed by atoms with E-state index in [4.69, 9.17) is 4.74 Å². The molecule has 0 radical (unpaired) electrons. The van der Waals surface area contributed by atoms with E-state index in [1.807, 2.05) is 0 Å². The van der Waals surface area contributed by atoms with Crippen LogP contribution in [0, 0.1) is 0 Å². The van der Waals surface area contributed by atoms with Gasteiger partial charge in [-0.15, -0.1) is 0 Å². The van der Waals surface area contributed by atoms with E-state index in [2.05, 4.69) is 4.18 Å². The van der Waals surface area contributed by atoms with E-state index in [1.165, 1.54) is 6.07 Å². The molecular formula is C17H17F3O6S. The molecule has 1 heterocycles. The van der Waals surface area contributed by atoms with E-state index in [1.54, 1.807) is 13.8 Å². The quantitative estimate of drug-likeness (QED) is 0.430. The molecule has 1 fully saturated rings. The molecule has 0 bridgehead atoms. The van der Waals surface area contributed by atoms with Gasteiger partial charge in [0.1, 0.15) is 16.9 Å². The maximum absolute atomic E-state index is 12.8. The number of ether oxygens (including phenoxy) is 1. The summed E-state index contributed by atoms with van der Waals surface area (Å²) in [6, 6.07) is 1.41. The first-order chi connectivity index (χ1) is 12.4. The molecule has 10 heteroatoms. The van der Waals surface area contributed by atoms with Crippen molar-refractivity contribution >= 4 is 22.2 Å². The Labute approximate surface area is 153 Å². The highest BCUT2D eigenvalue weighted by molar-refractivity contribution is 7.88. The Morgan fingerprint density at radius 1 is 1.30 bits per heavy atom. The van der Waals surface area contributed by atoms with Gasteiger partial charge in [0.05, 0.1) is 12.0 Å². The van der Waals surface area contributed by atoms with Crippen LogP contribution in [0.3, 0.4) is 0 Å². The second-order valence-corrected chi connectivity index (χ2v) is 8.61. The smallest absolute Gasteiger partial charge is 0.486 e. The molecule has 3 rings (SSSR count). The summed E-state index contributed by atoms with van der Waals surface area (Å²) in [4.78, 5) is 24.2. The van der Waals surface area contributed by atoms with Crippen molar-refractivity contribution in [3.63, 3.8) is 0 Å². The van der Waals surface area contributed by atoms with Gasteiger partial charge in [0.15, 0.2) is 17.8 Å².